The molecule has 0 aliphatic heterocycles. The Morgan fingerprint density at radius 3 is 2.71 bits per heavy atom. The van der Waals surface area contributed by atoms with Gasteiger partial charge in [0, 0.05) is 29.7 Å². The molecule has 0 saturated carbocycles. The van der Waals surface area contributed by atoms with E-state index in [0.29, 0.717) is 22.8 Å². The van der Waals surface area contributed by atoms with Gasteiger partial charge in [-0.05, 0) is 61.4 Å². The second-order valence-corrected chi connectivity index (χ2v) is 6.62. The van der Waals surface area contributed by atoms with Crippen molar-refractivity contribution < 1.29 is 9.53 Å². The summed E-state index contributed by atoms with van der Waals surface area (Å²) < 4.78 is 7.28. The molecule has 1 N–H and O–H groups in total. The van der Waals surface area contributed by atoms with Gasteiger partial charge in [0.15, 0.2) is 0 Å². The summed E-state index contributed by atoms with van der Waals surface area (Å²) in [5.74, 6) is 1.02. The van der Waals surface area contributed by atoms with Crippen molar-refractivity contribution in [2.75, 3.05) is 12.4 Å². The minimum absolute atomic E-state index is 0.185. The number of aryl methyl sites for hydroxylation is 2. The predicted octanol–water partition coefficient (Wildman–Crippen LogP) is 4.27. The number of anilines is 1. The van der Waals surface area contributed by atoms with Crippen LogP contribution in [0.15, 0.2) is 61.1 Å². The van der Waals surface area contributed by atoms with Gasteiger partial charge in [-0.15, -0.1) is 0 Å². The first-order valence-electron chi connectivity index (χ1n) is 8.92. The van der Waals surface area contributed by atoms with Crippen LogP contribution in [-0.2, 0) is 0 Å². The molecule has 4 rings (SSSR count). The summed E-state index contributed by atoms with van der Waals surface area (Å²) in [4.78, 5) is 21.5. The van der Waals surface area contributed by atoms with E-state index >= 15 is 0 Å². The van der Waals surface area contributed by atoms with Gasteiger partial charge >= 0.3 is 0 Å². The zero-order valence-electron chi connectivity index (χ0n) is 15.9. The number of hydrogen-bond donors (Lipinski definition) is 1. The van der Waals surface area contributed by atoms with E-state index < -0.39 is 0 Å². The Morgan fingerprint density at radius 1 is 1.11 bits per heavy atom. The van der Waals surface area contributed by atoms with Crippen molar-refractivity contribution >= 4 is 17.4 Å². The van der Waals surface area contributed by atoms with Crippen molar-refractivity contribution in [3.05, 3.63) is 77.7 Å². The Morgan fingerprint density at radius 2 is 1.96 bits per heavy atom. The normalized spacial score (nSPS) is 10.8. The first-order chi connectivity index (χ1) is 13.5. The van der Waals surface area contributed by atoms with Gasteiger partial charge in [-0.3, -0.25) is 9.20 Å². The van der Waals surface area contributed by atoms with E-state index in [1.54, 1.807) is 13.3 Å². The Balaban J connectivity index is 1.68. The molecular formula is C22H20N4O2. The lowest BCUT2D eigenvalue weighted by Crippen LogP contribution is -2.13. The standard InChI is InChI=1S/C22H20N4O2/c1-14-5-6-17(11-15(14)2)21(27)24-18-12-16(7-8-20(18)28-3)19-13-26-10-4-9-23-22(26)25-19/h4-13H,1-3H3,(H,24,27). The van der Waals surface area contributed by atoms with Crippen molar-refractivity contribution in [1.82, 2.24) is 14.4 Å². The van der Waals surface area contributed by atoms with Crippen LogP contribution in [0.3, 0.4) is 0 Å². The summed E-state index contributed by atoms with van der Waals surface area (Å²) in [6.07, 6.45) is 5.50. The monoisotopic (exact) mass is 372 g/mol. The second-order valence-electron chi connectivity index (χ2n) is 6.62. The van der Waals surface area contributed by atoms with E-state index in [1.165, 1.54) is 0 Å². The van der Waals surface area contributed by atoms with E-state index in [-0.39, 0.29) is 5.91 Å². The molecule has 0 spiro atoms. The van der Waals surface area contributed by atoms with Crippen LogP contribution in [0.5, 0.6) is 5.75 Å². The third-order valence-corrected chi connectivity index (χ3v) is 4.75. The average Bonchev–Trinajstić information content (AvgIpc) is 3.14. The molecule has 0 fully saturated rings. The maximum absolute atomic E-state index is 12.7. The quantitative estimate of drug-likeness (QED) is 0.581. The lowest BCUT2D eigenvalue weighted by Gasteiger charge is -2.12. The maximum atomic E-state index is 12.7. The average molecular weight is 372 g/mol. The minimum Gasteiger partial charge on any atom is -0.495 e. The van der Waals surface area contributed by atoms with Gasteiger partial charge in [-0.25, -0.2) is 9.97 Å². The summed E-state index contributed by atoms with van der Waals surface area (Å²) in [5.41, 5.74) is 5.05. The van der Waals surface area contributed by atoms with Crippen LogP contribution in [0, 0.1) is 13.8 Å². The fourth-order valence-corrected chi connectivity index (χ4v) is 3.01. The minimum atomic E-state index is -0.185. The highest BCUT2D eigenvalue weighted by Crippen LogP contribution is 2.30. The number of fused-ring (bicyclic) bond motifs is 1. The second kappa shape index (κ2) is 7.15. The van der Waals surface area contributed by atoms with Crippen LogP contribution in [0.2, 0.25) is 0 Å². The zero-order valence-corrected chi connectivity index (χ0v) is 15.9. The summed E-state index contributed by atoms with van der Waals surface area (Å²) in [7, 11) is 1.58. The van der Waals surface area contributed by atoms with Crippen LogP contribution in [-0.4, -0.2) is 27.4 Å². The summed E-state index contributed by atoms with van der Waals surface area (Å²) in [6, 6.07) is 13.1. The van der Waals surface area contributed by atoms with Gasteiger partial charge in [-0.2, -0.15) is 0 Å². The highest BCUT2D eigenvalue weighted by Gasteiger charge is 2.13. The number of imidazole rings is 1. The van der Waals surface area contributed by atoms with Crippen molar-refractivity contribution in [1.29, 1.82) is 0 Å². The van der Waals surface area contributed by atoms with Gasteiger partial charge in [0.05, 0.1) is 18.5 Å². The molecule has 6 nitrogen and oxygen atoms in total. The number of ether oxygens (including phenoxy) is 1. The first-order valence-corrected chi connectivity index (χ1v) is 8.92. The highest BCUT2D eigenvalue weighted by atomic mass is 16.5. The molecule has 28 heavy (non-hydrogen) atoms. The van der Waals surface area contributed by atoms with Crippen LogP contribution in [0.1, 0.15) is 21.5 Å². The topological polar surface area (TPSA) is 68.5 Å². The molecule has 0 bridgehead atoms. The van der Waals surface area contributed by atoms with Crippen LogP contribution >= 0.6 is 0 Å². The number of methoxy groups -OCH3 is 1. The van der Waals surface area contributed by atoms with Crippen LogP contribution in [0.25, 0.3) is 17.0 Å². The van der Waals surface area contributed by atoms with Gasteiger partial charge in [0.25, 0.3) is 5.91 Å². The fourth-order valence-electron chi connectivity index (χ4n) is 3.01. The molecule has 0 radical (unpaired) electrons. The number of amides is 1. The number of nitrogens with one attached hydrogen (secondary N) is 1. The predicted molar refractivity (Wildman–Crippen MR) is 109 cm³/mol. The molecule has 140 valence electrons. The van der Waals surface area contributed by atoms with Crippen molar-refractivity contribution in [3.8, 4) is 17.0 Å². The number of rotatable bonds is 4. The molecular weight excluding hydrogens is 352 g/mol. The molecule has 0 aliphatic rings. The molecule has 6 heteroatoms. The fraction of sp³-hybridized carbons (Fsp3) is 0.136. The lowest BCUT2D eigenvalue weighted by atomic mass is 10.1. The molecule has 2 heterocycles. The summed E-state index contributed by atoms with van der Waals surface area (Å²) >= 11 is 0. The van der Waals surface area contributed by atoms with Crippen molar-refractivity contribution in [2.45, 2.75) is 13.8 Å². The third kappa shape index (κ3) is 3.32. The maximum Gasteiger partial charge on any atom is 0.255 e. The molecule has 0 atom stereocenters. The molecule has 2 aromatic heterocycles. The Labute approximate surface area is 162 Å². The Kier molecular flexibility index (Phi) is 4.53. The van der Waals surface area contributed by atoms with E-state index in [4.69, 9.17) is 4.74 Å². The summed E-state index contributed by atoms with van der Waals surface area (Å²) in [5, 5.41) is 2.95. The number of hydrogen-bond acceptors (Lipinski definition) is 4. The van der Waals surface area contributed by atoms with Gasteiger partial charge < -0.3 is 10.1 Å². The largest absolute Gasteiger partial charge is 0.495 e. The van der Waals surface area contributed by atoms with E-state index in [1.807, 2.05) is 73.1 Å². The van der Waals surface area contributed by atoms with Gasteiger partial charge in [0.1, 0.15) is 5.75 Å². The van der Waals surface area contributed by atoms with Crippen molar-refractivity contribution in [2.24, 2.45) is 0 Å². The molecule has 1 amide bonds. The van der Waals surface area contributed by atoms with E-state index in [0.717, 1.165) is 22.4 Å². The number of aromatic nitrogens is 3. The van der Waals surface area contributed by atoms with E-state index in [2.05, 4.69) is 15.3 Å². The lowest BCUT2D eigenvalue weighted by molar-refractivity contribution is 0.102. The number of benzene rings is 2. The first kappa shape index (κ1) is 17.7. The third-order valence-electron chi connectivity index (χ3n) is 4.75. The van der Waals surface area contributed by atoms with Crippen molar-refractivity contribution in [3.63, 3.8) is 0 Å². The number of carbonyl (C=O) groups excluding carboxylic acids is 1. The van der Waals surface area contributed by atoms with Gasteiger partial charge in [0.2, 0.25) is 5.78 Å². The van der Waals surface area contributed by atoms with Crippen LogP contribution < -0.4 is 10.1 Å². The molecule has 4 aromatic rings. The summed E-state index contributed by atoms with van der Waals surface area (Å²) in [6.45, 7) is 4.01. The molecule has 0 unspecified atom stereocenters. The number of nitrogens with zero attached hydrogens (tertiary/aromatic N) is 3. The van der Waals surface area contributed by atoms with Crippen LogP contribution in [0.4, 0.5) is 5.69 Å². The van der Waals surface area contributed by atoms with Gasteiger partial charge in [-0.1, -0.05) is 6.07 Å². The molecule has 2 aromatic carbocycles. The Hall–Kier alpha value is -3.67. The SMILES string of the molecule is COc1ccc(-c2cn3cccnc3n2)cc1NC(=O)c1ccc(C)c(C)c1. The molecule has 0 aliphatic carbocycles. The highest BCUT2D eigenvalue weighted by molar-refractivity contribution is 6.05. The molecule has 0 saturated heterocycles. The zero-order chi connectivity index (χ0) is 19.7. The smallest absolute Gasteiger partial charge is 0.255 e. The Bertz CT molecular complexity index is 1150. The number of carbonyl (C=O) groups is 1. The van der Waals surface area contributed by atoms with E-state index in [9.17, 15) is 4.79 Å².